The molecule has 6 atom stereocenters. The molecule has 0 N–H and O–H groups in total. The third kappa shape index (κ3) is 2.67. The van der Waals surface area contributed by atoms with Crippen LogP contribution in [0.3, 0.4) is 0 Å². The number of esters is 1. The first-order valence-corrected chi connectivity index (χ1v) is 9.01. The highest BCUT2D eigenvalue weighted by molar-refractivity contribution is 5.77. The van der Waals surface area contributed by atoms with Crippen LogP contribution in [0.1, 0.15) is 39.5 Å². The summed E-state index contributed by atoms with van der Waals surface area (Å²) >= 11 is 0. The van der Waals surface area contributed by atoms with Crippen molar-refractivity contribution in [2.75, 3.05) is 13.1 Å². The highest BCUT2D eigenvalue weighted by Crippen LogP contribution is 2.47. The third-order valence-electron chi connectivity index (χ3n) is 5.45. The first-order valence-electron chi connectivity index (χ1n) is 9.01. The van der Waals surface area contributed by atoms with Gasteiger partial charge in [0.1, 0.15) is 12.2 Å². The van der Waals surface area contributed by atoms with E-state index in [-0.39, 0.29) is 48.3 Å². The van der Waals surface area contributed by atoms with Gasteiger partial charge >= 0.3 is 12.1 Å². The fraction of sp³-hybridized carbons (Fsp3) is 0.882. The monoisotopic (exact) mass is 339 g/mol. The van der Waals surface area contributed by atoms with Gasteiger partial charge in [0, 0.05) is 19.0 Å². The zero-order valence-electron chi connectivity index (χ0n) is 14.2. The molecule has 24 heavy (non-hydrogen) atoms. The van der Waals surface area contributed by atoms with Gasteiger partial charge in [-0.1, -0.05) is 13.8 Å². The number of nitrogens with zero attached hydrogens (tertiary/aromatic N) is 1. The molecule has 2 bridgehead atoms. The van der Waals surface area contributed by atoms with Crippen molar-refractivity contribution in [3.8, 4) is 0 Å². The number of hydrogen-bond acceptors (Lipinski definition) is 6. The van der Waals surface area contributed by atoms with E-state index >= 15 is 0 Å². The number of hydrogen-bond donors (Lipinski definition) is 0. The Morgan fingerprint density at radius 2 is 1.96 bits per heavy atom. The molecule has 0 radical (unpaired) electrons. The van der Waals surface area contributed by atoms with Crippen LogP contribution in [0, 0.1) is 11.8 Å². The molecular formula is C17H25NO6. The lowest BCUT2D eigenvalue weighted by Crippen LogP contribution is -2.45. The normalized spacial score (nSPS) is 38.5. The Bertz CT molecular complexity index is 517. The highest BCUT2D eigenvalue weighted by Gasteiger charge is 2.64. The van der Waals surface area contributed by atoms with E-state index in [4.69, 9.17) is 18.9 Å². The summed E-state index contributed by atoms with van der Waals surface area (Å²) in [5.74, 6) is -0.330. The molecule has 4 aliphatic heterocycles. The van der Waals surface area contributed by atoms with Gasteiger partial charge in [0.25, 0.3) is 0 Å². The molecule has 0 aromatic carbocycles. The van der Waals surface area contributed by atoms with E-state index in [1.165, 1.54) is 0 Å². The van der Waals surface area contributed by atoms with Gasteiger partial charge in [0.15, 0.2) is 6.10 Å². The van der Waals surface area contributed by atoms with Crippen LogP contribution in [0.15, 0.2) is 0 Å². The van der Waals surface area contributed by atoms with Crippen molar-refractivity contribution in [1.82, 2.24) is 4.90 Å². The van der Waals surface area contributed by atoms with Gasteiger partial charge in [0.2, 0.25) is 6.29 Å². The lowest BCUT2D eigenvalue weighted by Gasteiger charge is -2.32. The van der Waals surface area contributed by atoms with Crippen molar-refractivity contribution in [3.63, 3.8) is 0 Å². The van der Waals surface area contributed by atoms with Gasteiger partial charge in [-0.3, -0.25) is 4.79 Å². The second kappa shape index (κ2) is 6.19. The molecule has 4 fully saturated rings. The van der Waals surface area contributed by atoms with E-state index in [0.29, 0.717) is 6.42 Å². The van der Waals surface area contributed by atoms with Gasteiger partial charge in [-0.15, -0.1) is 0 Å². The van der Waals surface area contributed by atoms with Crippen molar-refractivity contribution in [2.24, 2.45) is 11.8 Å². The number of rotatable bonds is 4. The van der Waals surface area contributed by atoms with Crippen molar-refractivity contribution >= 4 is 12.1 Å². The number of likely N-dealkylation sites (tertiary alicyclic amines) is 1. The number of carbonyl (C=O) groups excluding carboxylic acids is 2. The molecule has 4 saturated heterocycles. The number of amides is 1. The first kappa shape index (κ1) is 16.1. The highest BCUT2D eigenvalue weighted by atomic mass is 16.7. The van der Waals surface area contributed by atoms with E-state index < -0.39 is 6.29 Å². The third-order valence-corrected chi connectivity index (χ3v) is 5.45. The van der Waals surface area contributed by atoms with E-state index in [9.17, 15) is 9.59 Å². The molecule has 0 aliphatic carbocycles. The molecule has 7 nitrogen and oxygen atoms in total. The van der Waals surface area contributed by atoms with Gasteiger partial charge in [0.05, 0.1) is 12.0 Å². The number of piperidine rings is 1. The molecule has 134 valence electrons. The summed E-state index contributed by atoms with van der Waals surface area (Å²) in [4.78, 5) is 25.9. The fourth-order valence-corrected chi connectivity index (χ4v) is 4.13. The zero-order valence-corrected chi connectivity index (χ0v) is 14.2. The van der Waals surface area contributed by atoms with Crippen LogP contribution >= 0.6 is 0 Å². The van der Waals surface area contributed by atoms with E-state index in [1.807, 2.05) is 13.8 Å². The van der Waals surface area contributed by atoms with Crippen molar-refractivity contribution in [1.29, 1.82) is 0 Å². The van der Waals surface area contributed by atoms with E-state index in [0.717, 1.165) is 32.4 Å². The number of carbonyl (C=O) groups is 2. The minimum absolute atomic E-state index is 0.00534. The lowest BCUT2D eigenvalue weighted by molar-refractivity contribution is -0.192. The summed E-state index contributed by atoms with van der Waals surface area (Å²) in [6.45, 7) is 5.38. The maximum atomic E-state index is 12.4. The molecule has 4 heterocycles. The summed E-state index contributed by atoms with van der Waals surface area (Å²) < 4.78 is 22.9. The smallest absolute Gasteiger partial charge is 0.412 e. The molecular weight excluding hydrogens is 314 g/mol. The Morgan fingerprint density at radius 3 is 2.67 bits per heavy atom. The van der Waals surface area contributed by atoms with Crippen LogP contribution in [-0.4, -0.2) is 60.8 Å². The predicted octanol–water partition coefficient (Wildman–Crippen LogP) is 1.69. The Labute approximate surface area is 141 Å². The first-order chi connectivity index (χ1) is 11.5. The van der Waals surface area contributed by atoms with Crippen LogP contribution in [0.2, 0.25) is 0 Å². The second-order valence-electron chi connectivity index (χ2n) is 7.53. The minimum Gasteiger partial charge on any atom is -0.456 e. The summed E-state index contributed by atoms with van der Waals surface area (Å²) in [5.41, 5.74) is 0. The minimum atomic E-state index is -0.662. The number of ether oxygens (including phenoxy) is 4. The van der Waals surface area contributed by atoms with Gasteiger partial charge in [-0.05, 0) is 25.7 Å². The summed E-state index contributed by atoms with van der Waals surface area (Å²) in [6.07, 6.45) is 1.79. The van der Waals surface area contributed by atoms with Crippen molar-refractivity contribution in [2.45, 2.75) is 70.2 Å². The predicted molar refractivity (Wildman–Crippen MR) is 82.1 cm³/mol. The summed E-state index contributed by atoms with van der Waals surface area (Å²) in [5, 5.41) is 0. The molecule has 1 amide bonds. The van der Waals surface area contributed by atoms with Gasteiger partial charge < -0.3 is 23.8 Å². The molecule has 4 rings (SSSR count). The summed E-state index contributed by atoms with van der Waals surface area (Å²) in [7, 11) is 0. The Morgan fingerprint density at radius 1 is 1.21 bits per heavy atom. The van der Waals surface area contributed by atoms with Crippen LogP contribution in [-0.2, 0) is 23.7 Å². The van der Waals surface area contributed by atoms with E-state index in [2.05, 4.69) is 0 Å². The molecule has 4 aliphatic rings. The van der Waals surface area contributed by atoms with Gasteiger partial charge in [-0.25, -0.2) is 4.79 Å². The van der Waals surface area contributed by atoms with Crippen LogP contribution in [0.4, 0.5) is 4.79 Å². The fourth-order valence-electron chi connectivity index (χ4n) is 4.13. The lowest BCUT2D eigenvalue weighted by atomic mass is 9.88. The zero-order chi connectivity index (χ0) is 16.8. The molecule has 0 aromatic rings. The number of fused-ring (bicyclic) bond motifs is 1. The average Bonchev–Trinajstić information content (AvgIpc) is 3.19. The van der Waals surface area contributed by atoms with Gasteiger partial charge in [-0.2, -0.15) is 0 Å². The SMILES string of the molecule is CC(C)C(OC(=O)N1CCCCC1)OC1C2CC3C(=O)OC1C3O2. The molecule has 0 spiro atoms. The average molecular weight is 339 g/mol. The van der Waals surface area contributed by atoms with Crippen LogP contribution in [0.25, 0.3) is 0 Å². The standard InChI is InChI=1S/C17H25NO6/c1-9(2)16(24-17(20)18-6-4-3-5-7-18)23-13-11-8-10-12(21-11)14(13)22-15(10)19/h9-14,16H,3-8H2,1-2H3. The topological polar surface area (TPSA) is 74.3 Å². The molecule has 7 heteroatoms. The largest absolute Gasteiger partial charge is 0.456 e. The van der Waals surface area contributed by atoms with Crippen LogP contribution in [0.5, 0.6) is 0 Å². The van der Waals surface area contributed by atoms with Crippen LogP contribution < -0.4 is 0 Å². The molecule has 6 unspecified atom stereocenters. The summed E-state index contributed by atoms with van der Waals surface area (Å²) in [6, 6.07) is 0. The van der Waals surface area contributed by atoms with E-state index in [1.54, 1.807) is 4.90 Å². The second-order valence-corrected chi connectivity index (χ2v) is 7.53. The Balaban J connectivity index is 1.39. The molecule has 0 saturated carbocycles. The Kier molecular flexibility index (Phi) is 4.16. The quantitative estimate of drug-likeness (QED) is 0.573. The van der Waals surface area contributed by atoms with Crippen molar-refractivity contribution in [3.05, 3.63) is 0 Å². The molecule has 0 aromatic heterocycles. The maximum Gasteiger partial charge on any atom is 0.412 e. The Hall–Kier alpha value is -1.34. The maximum absolute atomic E-state index is 12.4. The van der Waals surface area contributed by atoms with Crippen molar-refractivity contribution < 1.29 is 28.5 Å².